The molecule has 4 rings (SSSR count). The molecule has 2 aromatic heterocycles. The van der Waals surface area contributed by atoms with Crippen LogP contribution in [-0.2, 0) is 4.74 Å². The Balaban J connectivity index is 0.00000169. The third kappa shape index (κ3) is 2.90. The summed E-state index contributed by atoms with van der Waals surface area (Å²) >= 11 is 0. The van der Waals surface area contributed by atoms with Gasteiger partial charge in [-0.2, -0.15) is 5.10 Å². The molecule has 0 saturated carbocycles. The first-order valence-corrected chi connectivity index (χ1v) is 7.84. The van der Waals surface area contributed by atoms with E-state index in [4.69, 9.17) is 4.74 Å². The van der Waals surface area contributed by atoms with Crippen molar-refractivity contribution in [2.24, 2.45) is 0 Å². The summed E-state index contributed by atoms with van der Waals surface area (Å²) in [4.78, 5) is 19.0. The molecule has 8 heteroatoms. The molecule has 0 aromatic carbocycles. The van der Waals surface area contributed by atoms with Crippen LogP contribution in [0.25, 0.3) is 5.82 Å². The highest BCUT2D eigenvalue weighted by molar-refractivity contribution is 5.95. The summed E-state index contributed by atoms with van der Waals surface area (Å²) < 4.78 is 7.44. The zero-order valence-electron chi connectivity index (χ0n) is 13.4. The number of aromatic nitrogens is 3. The monoisotopic (exact) mass is 349 g/mol. The number of morpholine rings is 1. The first-order valence-electron chi connectivity index (χ1n) is 7.84. The smallest absolute Gasteiger partial charge is 0.257 e. The van der Waals surface area contributed by atoms with Crippen LogP contribution in [0.3, 0.4) is 0 Å². The third-order valence-corrected chi connectivity index (χ3v) is 4.50. The minimum absolute atomic E-state index is 0. The zero-order chi connectivity index (χ0) is 15.8. The molecule has 2 aliphatic heterocycles. The summed E-state index contributed by atoms with van der Waals surface area (Å²) in [6.45, 7) is 4.76. The Kier molecular flexibility index (Phi) is 4.84. The Labute approximate surface area is 146 Å². The second kappa shape index (κ2) is 6.88. The molecule has 128 valence electrons. The maximum absolute atomic E-state index is 12.8. The van der Waals surface area contributed by atoms with E-state index in [0.717, 1.165) is 12.2 Å². The molecule has 24 heavy (non-hydrogen) atoms. The fourth-order valence-corrected chi connectivity index (χ4v) is 3.26. The van der Waals surface area contributed by atoms with Crippen LogP contribution in [0.15, 0.2) is 30.6 Å². The van der Waals surface area contributed by atoms with Crippen molar-refractivity contribution in [1.29, 1.82) is 0 Å². The topological polar surface area (TPSA) is 72.3 Å². The predicted octanol–water partition coefficient (Wildman–Crippen LogP) is 0.810. The number of carbonyl (C=O) groups excluding carboxylic acids is 1. The van der Waals surface area contributed by atoms with Gasteiger partial charge in [0.05, 0.1) is 36.2 Å². The molecular formula is C16H20ClN5O2. The molecule has 2 aliphatic rings. The standard InChI is InChI=1S/C16H19N5O2.ClH/c1-11-12(8-19-21(11)15-4-2-3-5-18-15)16(22)20-9-13-14(10-20)23-7-6-17-13;/h2-5,8,13-14,17H,6-7,9-10H2,1H3;1H/t13-,14-;/m0./s1. The average molecular weight is 350 g/mol. The minimum Gasteiger partial charge on any atom is -0.373 e. The van der Waals surface area contributed by atoms with E-state index in [1.807, 2.05) is 30.0 Å². The fourth-order valence-electron chi connectivity index (χ4n) is 3.26. The highest BCUT2D eigenvalue weighted by Crippen LogP contribution is 2.21. The van der Waals surface area contributed by atoms with E-state index in [2.05, 4.69) is 15.4 Å². The Hall–Kier alpha value is -1.96. The highest BCUT2D eigenvalue weighted by atomic mass is 35.5. The third-order valence-electron chi connectivity index (χ3n) is 4.50. The number of halogens is 1. The summed E-state index contributed by atoms with van der Waals surface area (Å²) in [5.41, 5.74) is 1.42. The second-order valence-electron chi connectivity index (χ2n) is 5.92. The van der Waals surface area contributed by atoms with Gasteiger partial charge in [-0.1, -0.05) is 6.07 Å². The number of ether oxygens (including phenoxy) is 1. The van der Waals surface area contributed by atoms with E-state index in [0.29, 0.717) is 31.1 Å². The van der Waals surface area contributed by atoms with E-state index in [1.54, 1.807) is 17.1 Å². The van der Waals surface area contributed by atoms with Gasteiger partial charge in [0.15, 0.2) is 5.82 Å². The van der Waals surface area contributed by atoms with Crippen molar-refractivity contribution in [3.63, 3.8) is 0 Å². The number of likely N-dealkylation sites (tertiary alicyclic amines) is 1. The first-order chi connectivity index (χ1) is 11.2. The van der Waals surface area contributed by atoms with Crippen molar-refractivity contribution in [2.45, 2.75) is 19.1 Å². The van der Waals surface area contributed by atoms with E-state index in [1.165, 1.54) is 0 Å². The van der Waals surface area contributed by atoms with Gasteiger partial charge in [-0.3, -0.25) is 4.79 Å². The maximum Gasteiger partial charge on any atom is 0.257 e. The molecule has 1 amide bonds. The average Bonchev–Trinajstić information content (AvgIpc) is 3.18. The molecule has 0 spiro atoms. The lowest BCUT2D eigenvalue weighted by Crippen LogP contribution is -2.47. The van der Waals surface area contributed by atoms with E-state index in [-0.39, 0.29) is 30.5 Å². The summed E-state index contributed by atoms with van der Waals surface area (Å²) in [5, 5.41) is 7.74. The van der Waals surface area contributed by atoms with Gasteiger partial charge in [0.1, 0.15) is 0 Å². The van der Waals surface area contributed by atoms with Crippen molar-refractivity contribution >= 4 is 18.3 Å². The first kappa shape index (κ1) is 16.9. The fraction of sp³-hybridized carbons (Fsp3) is 0.438. The van der Waals surface area contributed by atoms with Crippen LogP contribution < -0.4 is 5.32 Å². The maximum atomic E-state index is 12.8. The van der Waals surface area contributed by atoms with Gasteiger partial charge in [-0.05, 0) is 19.1 Å². The van der Waals surface area contributed by atoms with Gasteiger partial charge < -0.3 is 15.0 Å². The van der Waals surface area contributed by atoms with Crippen molar-refractivity contribution < 1.29 is 9.53 Å². The molecular weight excluding hydrogens is 330 g/mol. The lowest BCUT2D eigenvalue weighted by molar-refractivity contribution is 0.0176. The Morgan fingerprint density at radius 3 is 3.00 bits per heavy atom. The molecule has 2 fully saturated rings. The van der Waals surface area contributed by atoms with Crippen molar-refractivity contribution in [2.75, 3.05) is 26.2 Å². The van der Waals surface area contributed by atoms with Crippen LogP contribution in [-0.4, -0.2) is 64.0 Å². The molecule has 7 nitrogen and oxygen atoms in total. The number of nitrogens with one attached hydrogen (secondary N) is 1. The Morgan fingerprint density at radius 1 is 1.38 bits per heavy atom. The number of hydrogen-bond donors (Lipinski definition) is 1. The Morgan fingerprint density at radius 2 is 2.25 bits per heavy atom. The molecule has 2 atom stereocenters. The van der Waals surface area contributed by atoms with Gasteiger partial charge in [0, 0.05) is 25.8 Å². The van der Waals surface area contributed by atoms with Gasteiger partial charge >= 0.3 is 0 Å². The summed E-state index contributed by atoms with van der Waals surface area (Å²) in [5.74, 6) is 0.716. The number of nitrogens with zero attached hydrogens (tertiary/aromatic N) is 4. The number of fused-ring (bicyclic) bond motifs is 1. The number of carbonyl (C=O) groups is 1. The number of hydrogen-bond acceptors (Lipinski definition) is 5. The van der Waals surface area contributed by atoms with E-state index >= 15 is 0 Å². The number of rotatable bonds is 2. The van der Waals surface area contributed by atoms with Gasteiger partial charge in [0.25, 0.3) is 5.91 Å². The molecule has 1 N–H and O–H groups in total. The van der Waals surface area contributed by atoms with Crippen molar-refractivity contribution in [3.8, 4) is 5.82 Å². The van der Waals surface area contributed by atoms with E-state index < -0.39 is 0 Å². The van der Waals surface area contributed by atoms with Crippen LogP contribution in [0.2, 0.25) is 0 Å². The lowest BCUT2D eigenvalue weighted by Gasteiger charge is -2.25. The van der Waals surface area contributed by atoms with Crippen LogP contribution in [0.5, 0.6) is 0 Å². The zero-order valence-corrected chi connectivity index (χ0v) is 14.2. The molecule has 0 unspecified atom stereocenters. The SMILES string of the molecule is Cc1c(C(=O)N2C[C@@H]3NCCO[C@H]3C2)cnn1-c1ccccn1.Cl. The second-order valence-corrected chi connectivity index (χ2v) is 5.92. The predicted molar refractivity (Wildman–Crippen MR) is 90.8 cm³/mol. The number of pyridine rings is 1. The molecule has 2 saturated heterocycles. The van der Waals surface area contributed by atoms with Crippen molar-refractivity contribution in [3.05, 3.63) is 41.9 Å². The van der Waals surface area contributed by atoms with Crippen LogP contribution in [0, 0.1) is 6.92 Å². The molecule has 4 heterocycles. The quantitative estimate of drug-likeness (QED) is 0.868. The molecule has 0 aliphatic carbocycles. The van der Waals surface area contributed by atoms with Crippen molar-refractivity contribution in [1.82, 2.24) is 25.0 Å². The largest absolute Gasteiger partial charge is 0.373 e. The normalized spacial score (nSPS) is 22.8. The highest BCUT2D eigenvalue weighted by Gasteiger charge is 2.38. The van der Waals surface area contributed by atoms with Gasteiger partial charge in [0.2, 0.25) is 0 Å². The minimum atomic E-state index is 0. The van der Waals surface area contributed by atoms with Gasteiger partial charge in [-0.15, -0.1) is 12.4 Å². The van der Waals surface area contributed by atoms with Gasteiger partial charge in [-0.25, -0.2) is 9.67 Å². The summed E-state index contributed by atoms with van der Waals surface area (Å²) in [6, 6.07) is 5.86. The van der Waals surface area contributed by atoms with Crippen LogP contribution >= 0.6 is 12.4 Å². The Bertz CT molecular complexity index is 707. The summed E-state index contributed by atoms with van der Waals surface area (Å²) in [6.07, 6.45) is 3.44. The summed E-state index contributed by atoms with van der Waals surface area (Å²) in [7, 11) is 0. The number of amides is 1. The molecule has 2 aromatic rings. The van der Waals surface area contributed by atoms with E-state index in [9.17, 15) is 4.79 Å². The molecule has 0 bridgehead atoms. The van der Waals surface area contributed by atoms with Crippen LogP contribution in [0.4, 0.5) is 0 Å². The molecule has 0 radical (unpaired) electrons. The lowest BCUT2D eigenvalue weighted by atomic mass is 10.2. The van der Waals surface area contributed by atoms with Crippen LogP contribution in [0.1, 0.15) is 16.1 Å².